The molecule has 1 atom stereocenters. The highest BCUT2D eigenvalue weighted by Crippen LogP contribution is 2.37. The van der Waals surface area contributed by atoms with Crippen LogP contribution < -0.4 is 9.46 Å². The van der Waals surface area contributed by atoms with Crippen LogP contribution in [0.15, 0.2) is 53.7 Å². The van der Waals surface area contributed by atoms with E-state index in [1.54, 1.807) is 21.6 Å². The molecule has 12 heteroatoms. The third-order valence-corrected chi connectivity index (χ3v) is 6.70. The molecule has 35 heavy (non-hydrogen) atoms. The zero-order valence-corrected chi connectivity index (χ0v) is 19.6. The van der Waals surface area contributed by atoms with Gasteiger partial charge in [-0.15, -0.1) is 0 Å². The van der Waals surface area contributed by atoms with Gasteiger partial charge in [-0.3, -0.25) is 9.55 Å². The van der Waals surface area contributed by atoms with Gasteiger partial charge < -0.3 is 4.74 Å². The minimum Gasteiger partial charge on any atom is -0.489 e. The summed E-state index contributed by atoms with van der Waals surface area (Å²) in [7, 11) is -4.47. The van der Waals surface area contributed by atoms with E-state index in [4.69, 9.17) is 4.74 Å². The van der Waals surface area contributed by atoms with Crippen LogP contribution in [0.5, 0.6) is 5.75 Å². The first-order valence-corrected chi connectivity index (χ1v) is 12.0. The van der Waals surface area contributed by atoms with Crippen molar-refractivity contribution in [3.8, 4) is 23.2 Å². The summed E-state index contributed by atoms with van der Waals surface area (Å²) >= 11 is 0. The van der Waals surface area contributed by atoms with Gasteiger partial charge >= 0.3 is 6.18 Å². The molecule has 4 rings (SSSR count). The quantitative estimate of drug-likeness (QED) is 0.512. The number of sulfonamides is 1. The number of rotatable bonds is 7. The highest BCUT2D eigenvalue weighted by atomic mass is 32.2. The molecule has 0 spiro atoms. The second kappa shape index (κ2) is 8.83. The minimum absolute atomic E-state index is 0.108. The molecule has 0 bridgehead atoms. The smallest absolute Gasteiger partial charge is 0.404 e. The van der Waals surface area contributed by atoms with Gasteiger partial charge in [0, 0.05) is 17.3 Å². The summed E-state index contributed by atoms with van der Waals surface area (Å²) in [6, 6.07) is 4.07. The zero-order chi connectivity index (χ0) is 25.5. The molecule has 0 fully saturated rings. The third kappa shape index (κ3) is 4.65. The number of ether oxygens (including phenoxy) is 1. The lowest BCUT2D eigenvalue weighted by Gasteiger charge is -2.17. The van der Waals surface area contributed by atoms with Crippen LogP contribution in [0.1, 0.15) is 26.3 Å². The van der Waals surface area contributed by atoms with E-state index in [0.717, 1.165) is 18.0 Å². The SMILES string of the molecule is CC(C)Oc1cnc2c(c1)c(C#N)c(-c1ccc(S(=O)(=O)NC(C)C(F)(F)F)cn1)n2C1=CC=C1. The summed E-state index contributed by atoms with van der Waals surface area (Å²) < 4.78 is 72.3. The van der Waals surface area contributed by atoms with E-state index >= 15 is 0 Å². The van der Waals surface area contributed by atoms with Crippen LogP contribution in [0.2, 0.25) is 0 Å². The van der Waals surface area contributed by atoms with Crippen molar-refractivity contribution in [2.24, 2.45) is 0 Å². The monoisotopic (exact) mass is 503 g/mol. The van der Waals surface area contributed by atoms with E-state index in [1.165, 1.54) is 6.07 Å². The lowest BCUT2D eigenvalue weighted by atomic mass is 10.1. The second-order valence-electron chi connectivity index (χ2n) is 8.09. The number of halogens is 3. The number of fused-ring (bicyclic) bond motifs is 1. The molecule has 3 aromatic rings. The Labute approximate surface area is 199 Å². The van der Waals surface area contributed by atoms with Gasteiger partial charge in [0.2, 0.25) is 10.0 Å². The standard InChI is InChI=1S/C23H20F3N5O3S/c1-13(2)34-16-9-18-19(10-27)21(31(15-5-4-6-15)22(18)29-11-16)20-8-7-17(12-28-20)35(32,33)30-14(3)23(24,25)26/h4-9,11-14,30H,1-3H3. The van der Waals surface area contributed by atoms with Crippen LogP contribution in [0.25, 0.3) is 28.1 Å². The summed E-state index contributed by atoms with van der Waals surface area (Å²) in [5.74, 6) is 0.477. The molecule has 0 aromatic carbocycles. The van der Waals surface area contributed by atoms with Crippen molar-refractivity contribution in [1.29, 1.82) is 5.26 Å². The first kappa shape index (κ1) is 24.4. The molecule has 3 heterocycles. The maximum Gasteiger partial charge on any atom is 0.404 e. The fourth-order valence-corrected chi connectivity index (χ4v) is 4.64. The van der Waals surface area contributed by atoms with Gasteiger partial charge in [0.15, 0.2) is 0 Å². The second-order valence-corrected chi connectivity index (χ2v) is 9.81. The average Bonchev–Trinajstić information content (AvgIpc) is 3.04. The van der Waals surface area contributed by atoms with E-state index < -0.39 is 27.1 Å². The van der Waals surface area contributed by atoms with Crippen molar-refractivity contribution in [3.63, 3.8) is 0 Å². The summed E-state index contributed by atoms with van der Waals surface area (Å²) in [4.78, 5) is 8.22. The number of hydrogen-bond donors (Lipinski definition) is 1. The van der Waals surface area contributed by atoms with Crippen LogP contribution in [0, 0.1) is 11.3 Å². The molecule has 182 valence electrons. The van der Waals surface area contributed by atoms with E-state index in [-0.39, 0.29) is 17.4 Å². The topological polar surface area (TPSA) is 110 Å². The number of nitrogens with one attached hydrogen (secondary N) is 1. The molecule has 0 radical (unpaired) electrons. The Morgan fingerprint density at radius 1 is 1.17 bits per heavy atom. The number of aromatic nitrogens is 3. The van der Waals surface area contributed by atoms with E-state index in [0.29, 0.717) is 29.4 Å². The molecule has 1 aliphatic rings. The van der Waals surface area contributed by atoms with Crippen LogP contribution in [0.3, 0.4) is 0 Å². The van der Waals surface area contributed by atoms with Crippen LogP contribution in [-0.4, -0.2) is 41.3 Å². The van der Waals surface area contributed by atoms with Crippen molar-refractivity contribution in [1.82, 2.24) is 19.3 Å². The molecule has 1 aliphatic carbocycles. The summed E-state index contributed by atoms with van der Waals surface area (Å²) in [6.45, 7) is 4.43. The molecule has 8 nitrogen and oxygen atoms in total. The van der Waals surface area contributed by atoms with Gasteiger partial charge in [0.25, 0.3) is 0 Å². The third-order valence-electron chi connectivity index (χ3n) is 5.17. The van der Waals surface area contributed by atoms with Crippen LogP contribution in [0.4, 0.5) is 13.2 Å². The summed E-state index contributed by atoms with van der Waals surface area (Å²) in [6.07, 6.45) is 3.08. The maximum absolute atomic E-state index is 12.8. The Hall–Kier alpha value is -3.69. The average molecular weight is 504 g/mol. The Bertz CT molecular complexity index is 1500. The van der Waals surface area contributed by atoms with Gasteiger partial charge in [-0.25, -0.2) is 13.4 Å². The number of alkyl halides is 3. The first-order chi connectivity index (χ1) is 16.4. The maximum atomic E-state index is 12.8. The number of pyridine rings is 2. The number of nitriles is 1. The summed E-state index contributed by atoms with van der Waals surface area (Å²) in [5.41, 5.74) is 2.07. The van der Waals surface area contributed by atoms with Gasteiger partial charge in [-0.1, -0.05) is 6.08 Å². The Morgan fingerprint density at radius 3 is 2.40 bits per heavy atom. The van der Waals surface area contributed by atoms with Gasteiger partial charge in [0.05, 0.1) is 29.3 Å². The van der Waals surface area contributed by atoms with E-state index in [9.17, 15) is 26.9 Å². The normalized spacial score (nSPS) is 14.5. The Morgan fingerprint density at radius 2 is 1.89 bits per heavy atom. The zero-order valence-electron chi connectivity index (χ0n) is 18.8. The highest BCUT2D eigenvalue weighted by Gasteiger charge is 2.39. The van der Waals surface area contributed by atoms with Crippen molar-refractivity contribution < 1.29 is 26.3 Å². The molecular formula is C23H20F3N5O3S. The fraction of sp³-hybridized carbons (Fsp3) is 0.261. The summed E-state index contributed by atoms with van der Waals surface area (Å²) in [5, 5.41) is 10.5. The van der Waals surface area contributed by atoms with Gasteiger partial charge in [-0.2, -0.15) is 23.2 Å². The predicted octanol–water partition coefficient (Wildman–Crippen LogP) is 4.40. The molecule has 0 saturated heterocycles. The van der Waals surface area contributed by atoms with Crippen LogP contribution >= 0.6 is 0 Å². The van der Waals surface area contributed by atoms with Gasteiger partial charge in [-0.05, 0) is 51.1 Å². The van der Waals surface area contributed by atoms with Crippen molar-refractivity contribution in [2.45, 2.75) is 44.0 Å². The highest BCUT2D eigenvalue weighted by molar-refractivity contribution is 7.89. The number of allylic oxidation sites excluding steroid dienone is 4. The lowest BCUT2D eigenvalue weighted by Crippen LogP contribution is -2.42. The van der Waals surface area contributed by atoms with Gasteiger partial charge in [0.1, 0.15) is 28.4 Å². The van der Waals surface area contributed by atoms with E-state index in [2.05, 4.69) is 16.0 Å². The fourth-order valence-electron chi connectivity index (χ4n) is 3.47. The largest absolute Gasteiger partial charge is 0.489 e. The number of hydrogen-bond acceptors (Lipinski definition) is 6. The van der Waals surface area contributed by atoms with Crippen molar-refractivity contribution in [3.05, 3.63) is 54.4 Å². The molecule has 1 N–H and O–H groups in total. The Balaban J connectivity index is 1.82. The van der Waals surface area contributed by atoms with E-state index in [1.807, 2.05) is 32.1 Å². The number of nitrogens with zero attached hydrogens (tertiary/aromatic N) is 4. The molecule has 1 unspecified atom stereocenters. The predicted molar refractivity (Wildman–Crippen MR) is 123 cm³/mol. The van der Waals surface area contributed by atoms with Crippen LogP contribution in [-0.2, 0) is 10.0 Å². The molecule has 0 amide bonds. The molecule has 0 saturated carbocycles. The minimum atomic E-state index is -4.74. The van der Waals surface area contributed by atoms with Crippen molar-refractivity contribution >= 4 is 26.8 Å². The van der Waals surface area contributed by atoms with Crippen molar-refractivity contribution in [2.75, 3.05) is 0 Å². The Kier molecular flexibility index (Phi) is 6.16. The first-order valence-electron chi connectivity index (χ1n) is 10.5. The lowest BCUT2D eigenvalue weighted by molar-refractivity contribution is -0.147. The molecule has 0 aliphatic heterocycles. The molecular weight excluding hydrogens is 483 g/mol. The molecule has 3 aromatic heterocycles.